The van der Waals surface area contributed by atoms with Crippen molar-refractivity contribution in [3.8, 4) is 17.2 Å². The number of methoxy groups -OCH3 is 1. The molecule has 0 N–H and O–H groups in total. The molecule has 0 spiro atoms. The molecular formula is C26H20O5. The van der Waals surface area contributed by atoms with Gasteiger partial charge in [-0.2, -0.15) is 0 Å². The molecule has 0 atom stereocenters. The molecule has 0 unspecified atom stereocenters. The normalized spacial score (nSPS) is 13.8. The molecule has 0 radical (unpaired) electrons. The smallest absolute Gasteiger partial charge is 0.315 e. The van der Waals surface area contributed by atoms with Crippen molar-refractivity contribution in [3.05, 3.63) is 107 Å². The summed E-state index contributed by atoms with van der Waals surface area (Å²) in [4.78, 5) is 24.8. The van der Waals surface area contributed by atoms with Crippen LogP contribution in [0.15, 0.2) is 90.7 Å². The van der Waals surface area contributed by atoms with Gasteiger partial charge < -0.3 is 14.2 Å². The number of Topliss-reactive ketones (excluding diaryl/α,β-unsaturated/α-hetero) is 1. The predicted molar refractivity (Wildman–Crippen MR) is 117 cm³/mol. The van der Waals surface area contributed by atoms with Gasteiger partial charge in [0.1, 0.15) is 17.2 Å². The van der Waals surface area contributed by atoms with E-state index in [4.69, 9.17) is 14.2 Å². The van der Waals surface area contributed by atoms with Crippen LogP contribution in [-0.2, 0) is 11.2 Å². The monoisotopic (exact) mass is 412 g/mol. The minimum atomic E-state index is -0.406. The van der Waals surface area contributed by atoms with Gasteiger partial charge in [-0.3, -0.25) is 9.59 Å². The first-order chi connectivity index (χ1) is 15.1. The van der Waals surface area contributed by atoms with E-state index in [9.17, 15) is 9.59 Å². The summed E-state index contributed by atoms with van der Waals surface area (Å²) in [6.07, 6.45) is 5.41. The fraction of sp³-hybridized carbons (Fsp3) is 0.0769. The van der Waals surface area contributed by atoms with Crippen molar-refractivity contribution in [1.29, 1.82) is 0 Å². The van der Waals surface area contributed by atoms with Gasteiger partial charge in [0.2, 0.25) is 5.78 Å². The van der Waals surface area contributed by atoms with Crippen molar-refractivity contribution in [2.24, 2.45) is 0 Å². The Bertz CT molecular complexity index is 1160. The van der Waals surface area contributed by atoms with Crippen molar-refractivity contribution in [2.45, 2.75) is 6.42 Å². The third-order valence-corrected chi connectivity index (χ3v) is 4.72. The number of esters is 1. The summed E-state index contributed by atoms with van der Waals surface area (Å²) >= 11 is 0. The zero-order valence-electron chi connectivity index (χ0n) is 16.9. The maximum absolute atomic E-state index is 12.5. The average molecular weight is 412 g/mol. The van der Waals surface area contributed by atoms with Crippen molar-refractivity contribution in [3.63, 3.8) is 0 Å². The molecule has 1 aliphatic heterocycles. The summed E-state index contributed by atoms with van der Waals surface area (Å²) < 4.78 is 16.2. The zero-order chi connectivity index (χ0) is 21.6. The molecule has 0 fully saturated rings. The Morgan fingerprint density at radius 2 is 1.71 bits per heavy atom. The third kappa shape index (κ3) is 4.90. The van der Waals surface area contributed by atoms with Crippen LogP contribution in [0.2, 0.25) is 0 Å². The van der Waals surface area contributed by atoms with E-state index in [1.165, 1.54) is 0 Å². The first-order valence-electron chi connectivity index (χ1n) is 9.76. The Balaban J connectivity index is 1.41. The van der Waals surface area contributed by atoms with Gasteiger partial charge in [-0.25, -0.2) is 0 Å². The highest BCUT2D eigenvalue weighted by Crippen LogP contribution is 2.34. The Labute approximate surface area is 180 Å². The van der Waals surface area contributed by atoms with E-state index in [1.54, 1.807) is 49.6 Å². The van der Waals surface area contributed by atoms with Crippen LogP contribution in [0, 0.1) is 0 Å². The number of ketones is 1. The second kappa shape index (κ2) is 9.13. The standard InChI is InChI=1S/C26H20O5/c1-29-20-12-10-19(11-13-20)16-25(27)30-21-14-15-22-24(17-21)31-23(26(22)28)9-5-8-18-6-3-2-4-7-18/h2-15,17H,16H2,1H3/b8-5+,23-9-. The lowest BCUT2D eigenvalue weighted by atomic mass is 10.1. The fourth-order valence-electron chi connectivity index (χ4n) is 3.13. The van der Waals surface area contributed by atoms with Crippen molar-refractivity contribution < 1.29 is 23.8 Å². The molecule has 4 rings (SSSR count). The molecule has 1 aliphatic rings. The molecule has 0 saturated carbocycles. The molecule has 0 bridgehead atoms. The molecule has 3 aromatic rings. The maximum atomic E-state index is 12.5. The summed E-state index contributed by atoms with van der Waals surface area (Å²) in [7, 11) is 1.59. The van der Waals surface area contributed by atoms with E-state index in [-0.39, 0.29) is 18.0 Å². The zero-order valence-corrected chi connectivity index (χ0v) is 16.9. The first kappa shape index (κ1) is 20.2. The van der Waals surface area contributed by atoms with E-state index in [1.807, 2.05) is 48.5 Å². The molecule has 31 heavy (non-hydrogen) atoms. The van der Waals surface area contributed by atoms with Crippen LogP contribution in [0.1, 0.15) is 21.5 Å². The van der Waals surface area contributed by atoms with Gasteiger partial charge in [0.05, 0.1) is 19.1 Å². The SMILES string of the molecule is COc1ccc(CC(=O)Oc2ccc3c(c2)O/C(=C\C=C\c2ccccc2)C3=O)cc1. The number of ether oxygens (including phenoxy) is 3. The number of benzene rings is 3. The van der Waals surface area contributed by atoms with Crippen LogP contribution in [0.3, 0.4) is 0 Å². The second-order valence-corrected chi connectivity index (χ2v) is 6.89. The minimum Gasteiger partial charge on any atom is -0.497 e. The van der Waals surface area contributed by atoms with Gasteiger partial charge in [-0.05, 0) is 41.5 Å². The summed E-state index contributed by atoms with van der Waals surface area (Å²) in [5.74, 6) is 1.04. The summed E-state index contributed by atoms with van der Waals surface area (Å²) in [6.45, 7) is 0. The highest BCUT2D eigenvalue weighted by molar-refractivity contribution is 6.12. The van der Waals surface area contributed by atoms with Crippen LogP contribution >= 0.6 is 0 Å². The van der Waals surface area contributed by atoms with E-state index in [0.717, 1.165) is 16.9 Å². The fourth-order valence-corrected chi connectivity index (χ4v) is 3.13. The topological polar surface area (TPSA) is 61.8 Å². The van der Waals surface area contributed by atoms with Crippen molar-refractivity contribution in [2.75, 3.05) is 7.11 Å². The minimum absolute atomic E-state index is 0.121. The Morgan fingerprint density at radius 3 is 2.45 bits per heavy atom. The number of rotatable bonds is 6. The Hall–Kier alpha value is -4.12. The highest BCUT2D eigenvalue weighted by Gasteiger charge is 2.27. The quantitative estimate of drug-likeness (QED) is 0.323. The molecule has 3 aromatic carbocycles. The van der Waals surface area contributed by atoms with Gasteiger partial charge in [0, 0.05) is 6.07 Å². The van der Waals surface area contributed by atoms with Gasteiger partial charge >= 0.3 is 5.97 Å². The van der Waals surface area contributed by atoms with Crippen molar-refractivity contribution in [1.82, 2.24) is 0 Å². The molecule has 0 aromatic heterocycles. The Morgan fingerprint density at radius 1 is 0.968 bits per heavy atom. The van der Waals surface area contributed by atoms with Crippen LogP contribution in [0.25, 0.3) is 6.08 Å². The summed E-state index contributed by atoms with van der Waals surface area (Å²) in [5, 5.41) is 0. The molecular weight excluding hydrogens is 392 g/mol. The largest absolute Gasteiger partial charge is 0.497 e. The number of fused-ring (bicyclic) bond motifs is 1. The number of carbonyl (C=O) groups is 2. The first-order valence-corrected chi connectivity index (χ1v) is 9.76. The van der Waals surface area contributed by atoms with Gasteiger partial charge in [0.15, 0.2) is 5.76 Å². The second-order valence-electron chi connectivity index (χ2n) is 6.89. The van der Waals surface area contributed by atoms with Gasteiger partial charge in [0.25, 0.3) is 0 Å². The lowest BCUT2D eigenvalue weighted by Crippen LogP contribution is -2.11. The molecule has 0 saturated heterocycles. The third-order valence-electron chi connectivity index (χ3n) is 4.72. The summed E-state index contributed by atoms with van der Waals surface area (Å²) in [6, 6.07) is 21.7. The summed E-state index contributed by atoms with van der Waals surface area (Å²) in [5.41, 5.74) is 2.27. The Kier molecular flexibility index (Phi) is 5.94. The molecule has 154 valence electrons. The van der Waals surface area contributed by atoms with Gasteiger partial charge in [-0.1, -0.05) is 54.6 Å². The van der Waals surface area contributed by atoms with E-state index in [2.05, 4.69) is 0 Å². The molecule has 0 aliphatic carbocycles. The molecule has 5 nitrogen and oxygen atoms in total. The lowest BCUT2D eigenvalue weighted by molar-refractivity contribution is -0.133. The predicted octanol–water partition coefficient (Wildman–Crippen LogP) is 5.02. The highest BCUT2D eigenvalue weighted by atomic mass is 16.5. The van der Waals surface area contributed by atoms with Crippen molar-refractivity contribution >= 4 is 17.8 Å². The van der Waals surface area contributed by atoms with Crippen LogP contribution < -0.4 is 14.2 Å². The van der Waals surface area contributed by atoms with E-state index < -0.39 is 5.97 Å². The lowest BCUT2D eigenvalue weighted by Gasteiger charge is -2.06. The molecule has 0 amide bonds. The van der Waals surface area contributed by atoms with Crippen LogP contribution in [0.5, 0.6) is 17.2 Å². The van der Waals surface area contributed by atoms with Crippen LogP contribution in [0.4, 0.5) is 0 Å². The maximum Gasteiger partial charge on any atom is 0.315 e. The molecule has 5 heteroatoms. The number of hydrogen-bond donors (Lipinski definition) is 0. The average Bonchev–Trinajstić information content (AvgIpc) is 3.10. The van der Waals surface area contributed by atoms with E-state index in [0.29, 0.717) is 17.1 Å². The number of carbonyl (C=O) groups excluding carboxylic acids is 2. The number of allylic oxidation sites excluding steroid dienone is 3. The molecule has 1 heterocycles. The van der Waals surface area contributed by atoms with Gasteiger partial charge in [-0.15, -0.1) is 0 Å². The van der Waals surface area contributed by atoms with Crippen LogP contribution in [-0.4, -0.2) is 18.9 Å². The number of hydrogen-bond acceptors (Lipinski definition) is 5. The van der Waals surface area contributed by atoms with E-state index >= 15 is 0 Å².